The zero-order chi connectivity index (χ0) is 20.3. The number of rotatable bonds is 6. The summed E-state index contributed by atoms with van der Waals surface area (Å²) in [6, 6.07) is 29.4. The molecule has 1 aliphatic heterocycles. The van der Waals surface area contributed by atoms with E-state index in [9.17, 15) is 9.90 Å². The lowest BCUT2D eigenvalue weighted by Crippen LogP contribution is -2.47. The molecule has 4 rings (SSSR count). The standard InChI is InChI=1S/C25H24N2O2/c1-19-26-25(24(28)29,17-20-11-5-2-6-12-20)23(22-15-9-4-10-16-22)27(19)18-21-13-7-3-8-14-21/h2-16,23H,17-18H2,1H3,(H,28,29)/t23-,25+/m0/s1. The van der Waals surface area contributed by atoms with Crippen LogP contribution < -0.4 is 0 Å². The first-order valence-electron chi connectivity index (χ1n) is 9.79. The zero-order valence-corrected chi connectivity index (χ0v) is 16.4. The molecule has 3 aromatic carbocycles. The fraction of sp³-hybridized carbons (Fsp3) is 0.200. The van der Waals surface area contributed by atoms with Gasteiger partial charge in [0.1, 0.15) is 0 Å². The molecule has 1 heterocycles. The Bertz CT molecular complexity index is 1000. The number of carboxylic acid groups (broad SMARTS) is 1. The molecule has 0 spiro atoms. The van der Waals surface area contributed by atoms with Crippen molar-refractivity contribution in [3.63, 3.8) is 0 Å². The van der Waals surface area contributed by atoms with Crippen molar-refractivity contribution in [3.8, 4) is 0 Å². The van der Waals surface area contributed by atoms with E-state index in [0.717, 1.165) is 22.5 Å². The van der Waals surface area contributed by atoms with Crippen molar-refractivity contribution in [2.24, 2.45) is 4.99 Å². The van der Waals surface area contributed by atoms with Crippen LogP contribution >= 0.6 is 0 Å². The average molecular weight is 384 g/mol. The smallest absolute Gasteiger partial charge is 0.334 e. The Hall–Kier alpha value is -3.40. The van der Waals surface area contributed by atoms with Gasteiger partial charge in [0.2, 0.25) is 0 Å². The maximum Gasteiger partial charge on any atom is 0.334 e. The highest BCUT2D eigenvalue weighted by atomic mass is 16.4. The van der Waals surface area contributed by atoms with Gasteiger partial charge in [-0.2, -0.15) is 0 Å². The Morgan fingerprint density at radius 1 is 0.897 bits per heavy atom. The highest BCUT2D eigenvalue weighted by Gasteiger charge is 2.54. The number of carbonyl (C=O) groups is 1. The summed E-state index contributed by atoms with van der Waals surface area (Å²) < 4.78 is 0. The minimum atomic E-state index is -1.28. The molecular weight excluding hydrogens is 360 g/mol. The van der Waals surface area contributed by atoms with Gasteiger partial charge in [0.05, 0.1) is 11.9 Å². The number of hydrogen-bond acceptors (Lipinski definition) is 3. The summed E-state index contributed by atoms with van der Waals surface area (Å²) in [7, 11) is 0. The first kappa shape index (κ1) is 18.9. The number of benzene rings is 3. The number of amidine groups is 1. The Balaban J connectivity index is 1.81. The van der Waals surface area contributed by atoms with Crippen LogP contribution in [0, 0.1) is 0 Å². The number of nitrogens with zero attached hydrogens (tertiary/aromatic N) is 2. The first-order chi connectivity index (χ1) is 14.1. The number of aliphatic imine (C=N–C) groups is 1. The third kappa shape index (κ3) is 3.66. The van der Waals surface area contributed by atoms with Gasteiger partial charge in [-0.1, -0.05) is 91.0 Å². The summed E-state index contributed by atoms with van der Waals surface area (Å²) in [5.41, 5.74) is 1.78. The third-order valence-electron chi connectivity index (χ3n) is 5.54. The van der Waals surface area contributed by atoms with Crippen molar-refractivity contribution in [2.75, 3.05) is 0 Å². The fourth-order valence-corrected chi connectivity index (χ4v) is 4.22. The molecule has 1 aliphatic rings. The summed E-state index contributed by atoms with van der Waals surface area (Å²) in [6.07, 6.45) is 0.339. The van der Waals surface area contributed by atoms with E-state index in [0.29, 0.717) is 13.0 Å². The van der Waals surface area contributed by atoms with Crippen LogP contribution in [0.3, 0.4) is 0 Å². The van der Waals surface area contributed by atoms with Crippen molar-refractivity contribution in [1.82, 2.24) is 4.90 Å². The second-order valence-electron chi connectivity index (χ2n) is 7.48. The minimum Gasteiger partial charge on any atom is -0.479 e. The van der Waals surface area contributed by atoms with Gasteiger partial charge in [0.15, 0.2) is 5.54 Å². The van der Waals surface area contributed by atoms with Gasteiger partial charge in [0.25, 0.3) is 0 Å². The minimum absolute atomic E-state index is 0.339. The predicted molar refractivity (Wildman–Crippen MR) is 115 cm³/mol. The van der Waals surface area contributed by atoms with Gasteiger partial charge in [0, 0.05) is 13.0 Å². The Morgan fingerprint density at radius 3 is 1.97 bits per heavy atom. The van der Waals surface area contributed by atoms with Crippen LogP contribution in [0.2, 0.25) is 0 Å². The predicted octanol–water partition coefficient (Wildman–Crippen LogP) is 4.73. The van der Waals surface area contributed by atoms with Crippen LogP contribution in [-0.4, -0.2) is 27.4 Å². The molecular formula is C25H24N2O2. The maximum atomic E-state index is 12.7. The van der Waals surface area contributed by atoms with Crippen LogP contribution in [0.5, 0.6) is 0 Å². The number of hydrogen-bond donors (Lipinski definition) is 1. The molecule has 4 heteroatoms. The molecule has 0 saturated heterocycles. The van der Waals surface area contributed by atoms with Gasteiger partial charge >= 0.3 is 5.97 Å². The molecule has 0 fully saturated rings. The average Bonchev–Trinajstić information content (AvgIpc) is 3.02. The lowest BCUT2D eigenvalue weighted by molar-refractivity contribution is -0.144. The molecule has 4 nitrogen and oxygen atoms in total. The summed E-state index contributed by atoms with van der Waals surface area (Å²) in [5.74, 6) is -0.147. The molecule has 1 N–H and O–H groups in total. The third-order valence-corrected chi connectivity index (χ3v) is 5.54. The molecule has 3 aromatic rings. The fourth-order valence-electron chi connectivity index (χ4n) is 4.22. The molecule has 2 atom stereocenters. The summed E-state index contributed by atoms with van der Waals surface area (Å²) in [5, 5.41) is 10.4. The largest absolute Gasteiger partial charge is 0.479 e. The Kier molecular flexibility index (Phi) is 5.17. The van der Waals surface area contributed by atoms with Crippen LogP contribution in [0.25, 0.3) is 0 Å². The molecule has 0 aliphatic carbocycles. The molecule has 0 bridgehead atoms. The molecule has 0 radical (unpaired) electrons. The van der Waals surface area contributed by atoms with Gasteiger partial charge in [-0.25, -0.2) is 4.79 Å². The van der Waals surface area contributed by atoms with Gasteiger partial charge < -0.3 is 10.0 Å². The highest BCUT2D eigenvalue weighted by molar-refractivity contribution is 5.92. The molecule has 0 aromatic heterocycles. The molecule has 146 valence electrons. The van der Waals surface area contributed by atoms with E-state index in [1.54, 1.807) is 0 Å². The van der Waals surface area contributed by atoms with Gasteiger partial charge in [-0.3, -0.25) is 4.99 Å². The first-order valence-corrected chi connectivity index (χ1v) is 9.79. The van der Waals surface area contributed by atoms with E-state index in [-0.39, 0.29) is 6.04 Å². The lowest BCUT2D eigenvalue weighted by atomic mass is 9.80. The Labute approximate surface area is 171 Å². The molecule has 29 heavy (non-hydrogen) atoms. The summed E-state index contributed by atoms with van der Waals surface area (Å²) in [6.45, 7) is 2.52. The van der Waals surface area contributed by atoms with Crippen molar-refractivity contribution < 1.29 is 9.90 Å². The van der Waals surface area contributed by atoms with E-state index in [4.69, 9.17) is 4.99 Å². The van der Waals surface area contributed by atoms with Crippen molar-refractivity contribution in [3.05, 3.63) is 108 Å². The van der Waals surface area contributed by atoms with Crippen molar-refractivity contribution in [2.45, 2.75) is 31.5 Å². The van der Waals surface area contributed by atoms with Crippen LogP contribution in [0.4, 0.5) is 0 Å². The van der Waals surface area contributed by atoms with Gasteiger partial charge in [-0.05, 0) is 23.6 Å². The number of carboxylic acids is 1. The SMILES string of the molecule is CC1=N[C@@](Cc2ccccc2)(C(=O)O)[C@H](c2ccccc2)N1Cc1ccccc1. The van der Waals surface area contributed by atoms with Crippen molar-refractivity contribution >= 4 is 11.8 Å². The van der Waals surface area contributed by atoms with Crippen LogP contribution in [0.1, 0.15) is 29.7 Å². The Morgan fingerprint density at radius 2 is 1.41 bits per heavy atom. The summed E-state index contributed by atoms with van der Waals surface area (Å²) >= 11 is 0. The van der Waals surface area contributed by atoms with E-state index in [1.165, 1.54) is 0 Å². The summed E-state index contributed by atoms with van der Waals surface area (Å²) in [4.78, 5) is 19.6. The quantitative estimate of drug-likeness (QED) is 0.669. The topological polar surface area (TPSA) is 52.9 Å². The van der Waals surface area contributed by atoms with Crippen LogP contribution in [-0.2, 0) is 17.8 Å². The van der Waals surface area contributed by atoms with E-state index < -0.39 is 11.5 Å². The van der Waals surface area contributed by atoms with E-state index in [2.05, 4.69) is 17.0 Å². The molecule has 0 unspecified atom stereocenters. The van der Waals surface area contributed by atoms with E-state index >= 15 is 0 Å². The van der Waals surface area contributed by atoms with Gasteiger partial charge in [-0.15, -0.1) is 0 Å². The zero-order valence-electron chi connectivity index (χ0n) is 16.4. The second kappa shape index (κ2) is 7.92. The molecule has 0 saturated carbocycles. The van der Waals surface area contributed by atoms with Crippen LogP contribution in [0.15, 0.2) is 96.0 Å². The normalized spacial score (nSPS) is 21.1. The van der Waals surface area contributed by atoms with Crippen molar-refractivity contribution in [1.29, 1.82) is 0 Å². The lowest BCUT2D eigenvalue weighted by Gasteiger charge is -2.35. The second-order valence-corrected chi connectivity index (χ2v) is 7.48. The molecule has 0 amide bonds. The monoisotopic (exact) mass is 384 g/mol. The highest BCUT2D eigenvalue weighted by Crippen LogP contribution is 2.43. The maximum absolute atomic E-state index is 12.7. The van der Waals surface area contributed by atoms with E-state index in [1.807, 2.05) is 85.8 Å². The number of aliphatic carboxylic acids is 1.